The van der Waals surface area contributed by atoms with Gasteiger partial charge in [-0.15, -0.1) is 0 Å². The summed E-state index contributed by atoms with van der Waals surface area (Å²) in [5.74, 6) is 0.670. The fourth-order valence-corrected chi connectivity index (χ4v) is 3.24. The van der Waals surface area contributed by atoms with Crippen molar-refractivity contribution in [3.8, 4) is 0 Å². The van der Waals surface area contributed by atoms with Gasteiger partial charge < -0.3 is 10.6 Å². The lowest BCUT2D eigenvalue weighted by molar-refractivity contribution is -0.115. The van der Waals surface area contributed by atoms with Crippen LogP contribution in [0, 0.1) is 0 Å². The molecule has 0 aliphatic carbocycles. The van der Waals surface area contributed by atoms with Crippen molar-refractivity contribution < 1.29 is 4.79 Å². The van der Waals surface area contributed by atoms with Crippen LogP contribution in [0.4, 0.5) is 11.5 Å². The summed E-state index contributed by atoms with van der Waals surface area (Å²) < 4.78 is 1.73. The van der Waals surface area contributed by atoms with Gasteiger partial charge in [-0.05, 0) is 23.6 Å². The van der Waals surface area contributed by atoms with Crippen molar-refractivity contribution in [2.45, 2.75) is 13.0 Å². The van der Waals surface area contributed by atoms with E-state index in [1.807, 2.05) is 54.6 Å². The maximum atomic E-state index is 12.6. The van der Waals surface area contributed by atoms with Crippen LogP contribution in [0.2, 0.25) is 0 Å². The molecule has 2 aromatic carbocycles. The van der Waals surface area contributed by atoms with Crippen molar-refractivity contribution in [2.75, 3.05) is 17.2 Å². The van der Waals surface area contributed by atoms with Crippen LogP contribution in [0.15, 0.2) is 59.4 Å². The molecule has 0 saturated heterocycles. The Balaban J connectivity index is 1.75. The first-order chi connectivity index (χ1) is 11.7. The molecular formula is C19H17N3O2. The van der Waals surface area contributed by atoms with E-state index in [4.69, 9.17) is 0 Å². The van der Waals surface area contributed by atoms with Gasteiger partial charge in [-0.3, -0.25) is 14.2 Å². The van der Waals surface area contributed by atoms with Gasteiger partial charge in [0.05, 0.1) is 6.42 Å². The Morgan fingerprint density at radius 2 is 1.75 bits per heavy atom. The highest BCUT2D eigenvalue weighted by Crippen LogP contribution is 2.27. The average Bonchev–Trinajstić information content (AvgIpc) is 3.09. The minimum absolute atomic E-state index is 0.00202. The first kappa shape index (κ1) is 14.5. The van der Waals surface area contributed by atoms with Crippen LogP contribution in [-0.4, -0.2) is 17.0 Å². The molecule has 0 bridgehead atoms. The van der Waals surface area contributed by atoms with Crippen molar-refractivity contribution in [1.29, 1.82) is 0 Å². The molecule has 0 fully saturated rings. The number of pyridine rings is 1. The molecule has 0 spiro atoms. The monoisotopic (exact) mass is 319 g/mol. The number of amides is 1. The molecule has 2 N–H and O–H groups in total. The van der Waals surface area contributed by atoms with Gasteiger partial charge in [0.25, 0.3) is 5.56 Å². The minimum atomic E-state index is -0.0958. The van der Waals surface area contributed by atoms with E-state index in [2.05, 4.69) is 10.6 Å². The molecule has 1 aliphatic rings. The van der Waals surface area contributed by atoms with Gasteiger partial charge in [-0.25, -0.2) is 0 Å². The third kappa shape index (κ3) is 2.44. The Hall–Kier alpha value is -3.08. The zero-order valence-electron chi connectivity index (χ0n) is 13.1. The number of hydrogen-bond donors (Lipinski definition) is 2. The van der Waals surface area contributed by atoms with E-state index in [0.717, 1.165) is 22.5 Å². The van der Waals surface area contributed by atoms with Crippen molar-refractivity contribution in [1.82, 2.24) is 4.57 Å². The molecule has 0 radical (unpaired) electrons. The Kier molecular flexibility index (Phi) is 3.54. The third-order valence-electron chi connectivity index (χ3n) is 4.31. The summed E-state index contributed by atoms with van der Waals surface area (Å²) in [6.07, 6.45) is 0.220. The Bertz CT molecular complexity index is 977. The van der Waals surface area contributed by atoms with Crippen LogP contribution < -0.4 is 16.2 Å². The van der Waals surface area contributed by atoms with E-state index in [1.54, 1.807) is 4.57 Å². The Morgan fingerprint density at radius 3 is 2.54 bits per heavy atom. The number of carbonyl (C=O) groups excluding carboxylic acids is 1. The number of aromatic nitrogens is 1. The van der Waals surface area contributed by atoms with Crippen molar-refractivity contribution in [3.63, 3.8) is 0 Å². The quantitative estimate of drug-likeness (QED) is 0.780. The van der Waals surface area contributed by atoms with Crippen molar-refractivity contribution in [2.24, 2.45) is 0 Å². The molecule has 0 unspecified atom stereocenters. The molecule has 1 amide bonds. The first-order valence-corrected chi connectivity index (χ1v) is 7.97. The second-order valence-electron chi connectivity index (χ2n) is 5.85. The molecular weight excluding hydrogens is 302 g/mol. The number of nitrogens with one attached hydrogen (secondary N) is 2. The highest BCUT2D eigenvalue weighted by Gasteiger charge is 2.21. The van der Waals surface area contributed by atoms with Gasteiger partial charge in [-0.2, -0.15) is 0 Å². The molecule has 5 heteroatoms. The lowest BCUT2D eigenvalue weighted by Crippen LogP contribution is -2.22. The molecule has 120 valence electrons. The largest absolute Gasteiger partial charge is 0.369 e. The number of carbonyl (C=O) groups is 1. The predicted molar refractivity (Wildman–Crippen MR) is 95.5 cm³/mol. The van der Waals surface area contributed by atoms with Crippen molar-refractivity contribution in [3.05, 3.63) is 70.5 Å². The normalized spacial score (nSPS) is 12.7. The highest BCUT2D eigenvalue weighted by molar-refractivity contribution is 5.98. The van der Waals surface area contributed by atoms with Crippen LogP contribution >= 0.6 is 0 Å². The molecule has 2 heterocycles. The molecule has 1 aromatic heterocycles. The highest BCUT2D eigenvalue weighted by atomic mass is 16.1. The number of para-hydroxylation sites is 1. The lowest BCUT2D eigenvalue weighted by atomic mass is 10.0. The first-order valence-electron chi connectivity index (χ1n) is 7.97. The van der Waals surface area contributed by atoms with E-state index < -0.39 is 0 Å². The third-order valence-corrected chi connectivity index (χ3v) is 4.31. The van der Waals surface area contributed by atoms with Crippen molar-refractivity contribution >= 4 is 28.2 Å². The van der Waals surface area contributed by atoms with Crippen LogP contribution in [0.5, 0.6) is 0 Å². The fourth-order valence-electron chi connectivity index (χ4n) is 3.24. The van der Waals surface area contributed by atoms with E-state index >= 15 is 0 Å². The summed E-state index contributed by atoms with van der Waals surface area (Å²) in [6.45, 7) is 1.34. The van der Waals surface area contributed by atoms with E-state index in [1.165, 1.54) is 0 Å². The van der Waals surface area contributed by atoms with E-state index in [0.29, 0.717) is 18.5 Å². The molecule has 0 atom stereocenters. The zero-order chi connectivity index (χ0) is 16.5. The molecule has 4 rings (SSSR count). The van der Waals surface area contributed by atoms with Crippen LogP contribution in [0.3, 0.4) is 0 Å². The Labute approximate surface area is 138 Å². The minimum Gasteiger partial charge on any atom is -0.369 e. The van der Waals surface area contributed by atoms with Gasteiger partial charge in [0.1, 0.15) is 5.82 Å². The lowest BCUT2D eigenvalue weighted by Gasteiger charge is -2.14. The SMILES string of the molecule is O=C(Cc1c2n(c(=O)c3ccccc13)CCN2)Nc1ccccc1. The summed E-state index contributed by atoms with van der Waals surface area (Å²) in [7, 11) is 0. The number of fused-ring (bicyclic) bond motifs is 2. The van der Waals surface area contributed by atoms with Crippen LogP contribution in [0.1, 0.15) is 5.56 Å². The molecule has 3 aromatic rings. The number of rotatable bonds is 3. The van der Waals surface area contributed by atoms with Crippen LogP contribution in [-0.2, 0) is 17.8 Å². The number of benzene rings is 2. The second kappa shape index (κ2) is 5.85. The molecule has 24 heavy (non-hydrogen) atoms. The summed E-state index contributed by atoms with van der Waals surface area (Å²) in [4.78, 5) is 25.1. The fraction of sp³-hybridized carbons (Fsp3) is 0.158. The summed E-state index contributed by atoms with van der Waals surface area (Å²) in [5.41, 5.74) is 1.64. The number of hydrogen-bond acceptors (Lipinski definition) is 3. The summed E-state index contributed by atoms with van der Waals surface area (Å²) >= 11 is 0. The molecule has 0 saturated carbocycles. The molecule has 1 aliphatic heterocycles. The van der Waals surface area contributed by atoms with Gasteiger partial charge >= 0.3 is 0 Å². The van der Waals surface area contributed by atoms with E-state index in [9.17, 15) is 9.59 Å². The maximum absolute atomic E-state index is 12.6. The topological polar surface area (TPSA) is 63.1 Å². The summed E-state index contributed by atoms with van der Waals surface area (Å²) in [6, 6.07) is 16.9. The summed E-state index contributed by atoms with van der Waals surface area (Å²) in [5, 5.41) is 7.66. The van der Waals surface area contributed by atoms with Gasteiger partial charge in [0.15, 0.2) is 0 Å². The second-order valence-corrected chi connectivity index (χ2v) is 5.85. The standard InChI is InChI=1S/C19H17N3O2/c23-17(21-13-6-2-1-3-7-13)12-16-14-8-4-5-9-15(14)19(24)22-11-10-20-18(16)22/h1-9,20H,10-12H2,(H,21,23). The smallest absolute Gasteiger partial charge is 0.260 e. The van der Waals surface area contributed by atoms with Crippen LogP contribution in [0.25, 0.3) is 10.8 Å². The number of anilines is 2. The average molecular weight is 319 g/mol. The number of nitrogens with zero attached hydrogens (tertiary/aromatic N) is 1. The maximum Gasteiger partial charge on any atom is 0.260 e. The van der Waals surface area contributed by atoms with Gasteiger partial charge in [0, 0.05) is 29.7 Å². The van der Waals surface area contributed by atoms with Gasteiger partial charge in [0.2, 0.25) is 5.91 Å². The van der Waals surface area contributed by atoms with Gasteiger partial charge in [-0.1, -0.05) is 36.4 Å². The zero-order valence-corrected chi connectivity index (χ0v) is 13.1. The van der Waals surface area contributed by atoms with E-state index in [-0.39, 0.29) is 17.9 Å². The Morgan fingerprint density at radius 1 is 1.04 bits per heavy atom. The molecule has 5 nitrogen and oxygen atoms in total. The predicted octanol–water partition coefficient (Wildman–Crippen LogP) is 2.61.